The SMILES string of the molecule is CC(NC(=O)CN1CCCc2c(N)cccc21)C1CC2CCC1C2.Cl. The molecule has 1 aromatic carbocycles. The van der Waals surface area contributed by atoms with Crippen molar-refractivity contribution >= 4 is 29.7 Å². The van der Waals surface area contributed by atoms with Gasteiger partial charge in [-0.1, -0.05) is 12.5 Å². The number of carbonyl (C=O) groups is 1. The molecule has 1 aliphatic heterocycles. The lowest BCUT2D eigenvalue weighted by Crippen LogP contribution is -2.46. The van der Waals surface area contributed by atoms with Crippen molar-refractivity contribution < 1.29 is 4.79 Å². The van der Waals surface area contributed by atoms with Crippen molar-refractivity contribution in [2.75, 3.05) is 23.7 Å². The number of anilines is 2. The highest BCUT2D eigenvalue weighted by molar-refractivity contribution is 5.85. The first-order valence-electron chi connectivity index (χ1n) is 9.53. The number of hydrogen-bond donors (Lipinski definition) is 2. The summed E-state index contributed by atoms with van der Waals surface area (Å²) in [6.07, 6.45) is 7.57. The Balaban J connectivity index is 0.00000182. The zero-order chi connectivity index (χ0) is 16.7. The van der Waals surface area contributed by atoms with Gasteiger partial charge in [0.15, 0.2) is 0 Å². The predicted molar refractivity (Wildman–Crippen MR) is 105 cm³/mol. The second-order valence-corrected chi connectivity index (χ2v) is 8.06. The van der Waals surface area contributed by atoms with Crippen molar-refractivity contribution in [1.82, 2.24) is 5.32 Å². The molecule has 0 radical (unpaired) electrons. The van der Waals surface area contributed by atoms with E-state index < -0.39 is 0 Å². The van der Waals surface area contributed by atoms with Gasteiger partial charge >= 0.3 is 0 Å². The Morgan fingerprint density at radius 1 is 1.36 bits per heavy atom. The van der Waals surface area contributed by atoms with Gasteiger partial charge in [-0.25, -0.2) is 0 Å². The highest BCUT2D eigenvalue weighted by Crippen LogP contribution is 2.49. The van der Waals surface area contributed by atoms with Crippen LogP contribution in [0, 0.1) is 17.8 Å². The van der Waals surface area contributed by atoms with Gasteiger partial charge in [0, 0.05) is 24.0 Å². The Morgan fingerprint density at radius 2 is 2.20 bits per heavy atom. The molecule has 0 aromatic heterocycles. The summed E-state index contributed by atoms with van der Waals surface area (Å²) >= 11 is 0. The van der Waals surface area contributed by atoms with Gasteiger partial charge in [-0.15, -0.1) is 12.4 Å². The molecule has 3 aliphatic rings. The minimum absolute atomic E-state index is 0. The lowest BCUT2D eigenvalue weighted by atomic mass is 9.84. The van der Waals surface area contributed by atoms with Gasteiger partial charge < -0.3 is 16.0 Å². The summed E-state index contributed by atoms with van der Waals surface area (Å²) in [6.45, 7) is 3.58. The zero-order valence-electron chi connectivity index (χ0n) is 15.0. The number of amides is 1. The third-order valence-corrected chi connectivity index (χ3v) is 6.54. The third kappa shape index (κ3) is 3.59. The zero-order valence-corrected chi connectivity index (χ0v) is 15.9. The van der Waals surface area contributed by atoms with E-state index in [0.717, 1.165) is 42.6 Å². The van der Waals surface area contributed by atoms with Crippen LogP contribution in [-0.2, 0) is 11.2 Å². The van der Waals surface area contributed by atoms with Crippen LogP contribution in [0.4, 0.5) is 11.4 Å². The standard InChI is InChI=1S/C20H29N3O.ClH/c1-13(17-11-14-7-8-15(17)10-14)22-20(24)12-23-9-3-4-16-18(21)5-2-6-19(16)23;/h2,5-6,13-15,17H,3-4,7-12,21H2,1H3,(H,22,24);1H. The summed E-state index contributed by atoms with van der Waals surface area (Å²) in [4.78, 5) is 14.8. The molecule has 4 nitrogen and oxygen atoms in total. The van der Waals surface area contributed by atoms with E-state index in [4.69, 9.17) is 5.73 Å². The van der Waals surface area contributed by atoms with Crippen molar-refractivity contribution in [3.63, 3.8) is 0 Å². The Labute approximate surface area is 156 Å². The number of halogens is 1. The quantitative estimate of drug-likeness (QED) is 0.806. The first kappa shape index (κ1) is 18.4. The third-order valence-electron chi connectivity index (χ3n) is 6.54. The molecule has 138 valence electrons. The molecule has 0 saturated heterocycles. The number of nitrogens with one attached hydrogen (secondary N) is 1. The fourth-order valence-corrected chi connectivity index (χ4v) is 5.38. The van der Waals surface area contributed by atoms with E-state index in [2.05, 4.69) is 23.2 Å². The molecule has 4 atom stereocenters. The summed E-state index contributed by atoms with van der Waals surface area (Å²) < 4.78 is 0. The van der Waals surface area contributed by atoms with E-state index in [0.29, 0.717) is 18.5 Å². The van der Waals surface area contributed by atoms with Gasteiger partial charge in [0.05, 0.1) is 6.54 Å². The van der Waals surface area contributed by atoms with Crippen LogP contribution in [0.2, 0.25) is 0 Å². The van der Waals surface area contributed by atoms with Crippen LogP contribution in [-0.4, -0.2) is 25.0 Å². The smallest absolute Gasteiger partial charge is 0.239 e. The Bertz CT molecular complexity index is 635. The lowest BCUT2D eigenvalue weighted by molar-refractivity contribution is -0.120. The van der Waals surface area contributed by atoms with Crippen molar-refractivity contribution in [2.24, 2.45) is 17.8 Å². The van der Waals surface area contributed by atoms with E-state index in [9.17, 15) is 4.79 Å². The fraction of sp³-hybridized carbons (Fsp3) is 0.650. The molecular weight excluding hydrogens is 334 g/mol. The topological polar surface area (TPSA) is 58.4 Å². The van der Waals surface area contributed by atoms with Gasteiger partial charge in [0.2, 0.25) is 5.91 Å². The average molecular weight is 364 g/mol. The maximum atomic E-state index is 12.6. The molecule has 1 aromatic rings. The maximum absolute atomic E-state index is 12.6. The number of fused-ring (bicyclic) bond motifs is 3. The molecule has 1 amide bonds. The lowest BCUT2D eigenvalue weighted by Gasteiger charge is -2.33. The second-order valence-electron chi connectivity index (χ2n) is 8.06. The number of nitrogens with two attached hydrogens (primary N) is 1. The first-order valence-corrected chi connectivity index (χ1v) is 9.53. The summed E-state index contributed by atoms with van der Waals surface area (Å²) in [5, 5.41) is 3.29. The molecule has 4 rings (SSSR count). The van der Waals surface area contributed by atoms with Gasteiger partial charge in [0.25, 0.3) is 0 Å². The van der Waals surface area contributed by atoms with Gasteiger partial charge in [-0.05, 0) is 74.5 Å². The van der Waals surface area contributed by atoms with Crippen molar-refractivity contribution in [3.8, 4) is 0 Å². The molecule has 2 bridgehead atoms. The molecule has 2 saturated carbocycles. The van der Waals surface area contributed by atoms with Crippen LogP contribution < -0.4 is 16.0 Å². The number of carbonyl (C=O) groups excluding carboxylic acids is 1. The highest BCUT2D eigenvalue weighted by Gasteiger charge is 2.42. The Morgan fingerprint density at radius 3 is 2.92 bits per heavy atom. The summed E-state index contributed by atoms with van der Waals surface area (Å²) in [5.41, 5.74) is 9.31. The molecule has 4 unspecified atom stereocenters. The van der Waals surface area contributed by atoms with Crippen LogP contribution in [0.1, 0.15) is 44.6 Å². The summed E-state index contributed by atoms with van der Waals surface area (Å²) in [5.74, 6) is 2.62. The van der Waals surface area contributed by atoms with E-state index in [-0.39, 0.29) is 18.3 Å². The van der Waals surface area contributed by atoms with Gasteiger partial charge in [-0.3, -0.25) is 4.79 Å². The maximum Gasteiger partial charge on any atom is 0.239 e. The van der Waals surface area contributed by atoms with Gasteiger partial charge in [0.1, 0.15) is 0 Å². The highest BCUT2D eigenvalue weighted by atomic mass is 35.5. The van der Waals surface area contributed by atoms with E-state index in [1.807, 2.05) is 12.1 Å². The van der Waals surface area contributed by atoms with Crippen molar-refractivity contribution in [1.29, 1.82) is 0 Å². The van der Waals surface area contributed by atoms with Crippen LogP contribution >= 0.6 is 12.4 Å². The van der Waals surface area contributed by atoms with Crippen LogP contribution in [0.3, 0.4) is 0 Å². The normalized spacial score (nSPS) is 28.2. The monoisotopic (exact) mass is 363 g/mol. The van der Waals surface area contributed by atoms with E-state index in [1.54, 1.807) is 0 Å². The Kier molecular flexibility index (Phi) is 5.47. The van der Waals surface area contributed by atoms with Crippen LogP contribution in [0.5, 0.6) is 0 Å². The minimum atomic E-state index is 0. The fourth-order valence-electron chi connectivity index (χ4n) is 5.38. The van der Waals surface area contributed by atoms with Crippen LogP contribution in [0.25, 0.3) is 0 Å². The molecule has 2 fully saturated rings. The van der Waals surface area contributed by atoms with Crippen molar-refractivity contribution in [3.05, 3.63) is 23.8 Å². The largest absolute Gasteiger partial charge is 0.398 e. The van der Waals surface area contributed by atoms with Crippen LogP contribution in [0.15, 0.2) is 18.2 Å². The van der Waals surface area contributed by atoms with Gasteiger partial charge in [-0.2, -0.15) is 0 Å². The number of benzene rings is 1. The van der Waals surface area contributed by atoms with E-state index >= 15 is 0 Å². The Hall–Kier alpha value is -1.42. The molecule has 0 spiro atoms. The molecule has 25 heavy (non-hydrogen) atoms. The molecule has 5 heteroatoms. The number of rotatable bonds is 4. The minimum Gasteiger partial charge on any atom is -0.398 e. The predicted octanol–water partition coefficient (Wildman–Crippen LogP) is 3.38. The number of nitrogens with zero attached hydrogens (tertiary/aromatic N) is 1. The molecule has 3 N–H and O–H groups in total. The number of nitrogen functional groups attached to an aromatic ring is 1. The van der Waals surface area contributed by atoms with Crippen molar-refractivity contribution in [2.45, 2.75) is 51.5 Å². The average Bonchev–Trinajstić information content (AvgIpc) is 3.19. The molecule has 1 heterocycles. The molecule has 2 aliphatic carbocycles. The number of hydrogen-bond acceptors (Lipinski definition) is 3. The molecular formula is C20H30ClN3O. The summed E-state index contributed by atoms with van der Waals surface area (Å²) in [6, 6.07) is 6.34. The first-order chi connectivity index (χ1) is 11.6. The second kappa shape index (κ2) is 7.45. The van der Waals surface area contributed by atoms with E-state index in [1.165, 1.54) is 31.2 Å². The summed E-state index contributed by atoms with van der Waals surface area (Å²) in [7, 11) is 0.